The number of ether oxygens (including phenoxy) is 1. The number of aldehydes is 1. The smallest absolute Gasteiger partial charge is 0.229 e. The molecule has 194 valence electrons. The Morgan fingerprint density at radius 3 is 2.59 bits per heavy atom. The maximum absolute atomic E-state index is 11.9. The number of morpholine rings is 1. The van der Waals surface area contributed by atoms with Crippen molar-refractivity contribution < 1.29 is 14.6 Å². The molecule has 2 aromatic heterocycles. The van der Waals surface area contributed by atoms with Crippen LogP contribution in [-0.2, 0) is 16.9 Å². The fraction of sp³-hybridized carbons (Fsp3) is 0.333. The first-order valence-corrected chi connectivity index (χ1v) is 12.2. The van der Waals surface area contributed by atoms with E-state index in [9.17, 15) is 9.90 Å². The highest BCUT2D eigenvalue weighted by Gasteiger charge is 2.22. The normalized spacial score (nSPS) is 14.2. The predicted molar refractivity (Wildman–Crippen MR) is 143 cm³/mol. The lowest BCUT2D eigenvalue weighted by atomic mass is 10.1. The molecule has 0 amide bonds. The van der Waals surface area contributed by atoms with E-state index in [1.54, 1.807) is 43.1 Å². The highest BCUT2D eigenvalue weighted by Crippen LogP contribution is 2.27. The van der Waals surface area contributed by atoms with Gasteiger partial charge in [0.1, 0.15) is 11.4 Å². The SMILES string of the molecule is C=CCNN(c1cccc(C(C)(C)O)n1)c1nc(Nc2ccc(CN3CCOCC3)cc2)ncc1C=O. The minimum Gasteiger partial charge on any atom is -0.384 e. The largest absolute Gasteiger partial charge is 0.384 e. The summed E-state index contributed by atoms with van der Waals surface area (Å²) in [5.74, 6) is 1.10. The van der Waals surface area contributed by atoms with E-state index in [0.29, 0.717) is 36.1 Å². The molecule has 10 heteroatoms. The number of anilines is 4. The first-order valence-electron chi connectivity index (χ1n) is 12.2. The van der Waals surface area contributed by atoms with Crippen molar-refractivity contribution in [2.45, 2.75) is 26.0 Å². The van der Waals surface area contributed by atoms with E-state index in [4.69, 9.17) is 4.74 Å². The van der Waals surface area contributed by atoms with Gasteiger partial charge in [-0.3, -0.25) is 9.69 Å². The summed E-state index contributed by atoms with van der Waals surface area (Å²) in [6, 6.07) is 13.4. The molecular weight excluding hydrogens is 470 g/mol. The average molecular weight is 504 g/mol. The van der Waals surface area contributed by atoms with Crippen LogP contribution in [0.2, 0.25) is 0 Å². The Kier molecular flexibility index (Phi) is 8.57. The number of nitrogens with one attached hydrogen (secondary N) is 2. The minimum absolute atomic E-state index is 0.276. The number of aliphatic hydroxyl groups is 1. The zero-order valence-corrected chi connectivity index (χ0v) is 21.2. The van der Waals surface area contributed by atoms with Gasteiger partial charge in [-0.15, -0.1) is 6.58 Å². The Balaban J connectivity index is 1.58. The quantitative estimate of drug-likeness (QED) is 0.204. The molecule has 1 aromatic carbocycles. The van der Waals surface area contributed by atoms with Crippen LogP contribution in [0.3, 0.4) is 0 Å². The van der Waals surface area contributed by atoms with Gasteiger partial charge < -0.3 is 15.2 Å². The first kappa shape index (κ1) is 26.4. The van der Waals surface area contributed by atoms with Crippen LogP contribution in [0.4, 0.5) is 23.3 Å². The Bertz CT molecular complexity index is 1210. The summed E-state index contributed by atoms with van der Waals surface area (Å²) in [5, 5.41) is 15.3. The number of rotatable bonds is 11. The van der Waals surface area contributed by atoms with Gasteiger partial charge in [0, 0.05) is 38.1 Å². The molecule has 0 unspecified atom stereocenters. The molecule has 0 bridgehead atoms. The Labute approximate surface area is 217 Å². The monoisotopic (exact) mass is 503 g/mol. The van der Waals surface area contributed by atoms with Crippen LogP contribution in [0.25, 0.3) is 0 Å². The lowest BCUT2D eigenvalue weighted by Crippen LogP contribution is -2.36. The molecule has 1 fully saturated rings. The van der Waals surface area contributed by atoms with Crippen molar-refractivity contribution in [2.24, 2.45) is 0 Å². The standard InChI is InChI=1S/C27H33N7O3/c1-4-12-29-34(24-7-5-6-23(31-24)27(2,3)36)25-21(19-35)17-28-26(32-25)30-22-10-8-20(9-11-22)18-33-13-15-37-16-14-33/h4-11,17,19,29,36H,1,12-16,18H2,2-3H3,(H,28,30,32). The Morgan fingerprint density at radius 1 is 1.16 bits per heavy atom. The van der Waals surface area contributed by atoms with E-state index in [1.807, 2.05) is 12.1 Å². The number of carbonyl (C=O) groups excluding carboxylic acids is 1. The van der Waals surface area contributed by atoms with Crippen LogP contribution in [0.1, 0.15) is 35.5 Å². The second-order valence-corrected chi connectivity index (χ2v) is 9.23. The summed E-state index contributed by atoms with van der Waals surface area (Å²) in [6.07, 6.45) is 3.85. The number of benzene rings is 1. The number of hydrazine groups is 1. The lowest BCUT2D eigenvalue weighted by molar-refractivity contribution is 0.0342. The van der Waals surface area contributed by atoms with Gasteiger partial charge >= 0.3 is 0 Å². The molecule has 3 heterocycles. The maximum Gasteiger partial charge on any atom is 0.229 e. The third kappa shape index (κ3) is 6.95. The molecule has 1 saturated heterocycles. The van der Waals surface area contributed by atoms with Gasteiger partial charge in [-0.2, -0.15) is 4.98 Å². The Hall–Kier alpha value is -3.70. The lowest BCUT2D eigenvalue weighted by Gasteiger charge is -2.26. The third-order valence-electron chi connectivity index (χ3n) is 5.84. The van der Waals surface area contributed by atoms with Crippen molar-refractivity contribution >= 4 is 29.6 Å². The van der Waals surface area contributed by atoms with Crippen molar-refractivity contribution in [3.05, 3.63) is 78.1 Å². The fourth-order valence-electron chi connectivity index (χ4n) is 3.85. The summed E-state index contributed by atoms with van der Waals surface area (Å²) in [4.78, 5) is 27.8. The number of pyridine rings is 1. The van der Waals surface area contributed by atoms with Gasteiger partial charge in [0.2, 0.25) is 5.95 Å². The third-order valence-corrected chi connectivity index (χ3v) is 5.84. The number of nitrogens with zero attached hydrogens (tertiary/aromatic N) is 5. The molecule has 37 heavy (non-hydrogen) atoms. The van der Waals surface area contributed by atoms with Crippen LogP contribution in [-0.4, -0.2) is 64.1 Å². The predicted octanol–water partition coefficient (Wildman–Crippen LogP) is 3.32. The molecule has 10 nitrogen and oxygen atoms in total. The number of carbonyl (C=O) groups is 1. The van der Waals surface area contributed by atoms with Crippen LogP contribution in [0.5, 0.6) is 0 Å². The molecule has 3 aromatic rings. The molecule has 1 aliphatic rings. The topological polar surface area (TPSA) is 116 Å². The zero-order chi connectivity index (χ0) is 26.3. The molecular formula is C27H33N7O3. The van der Waals surface area contributed by atoms with Gasteiger partial charge in [-0.05, 0) is 43.7 Å². The molecule has 0 radical (unpaired) electrons. The fourth-order valence-corrected chi connectivity index (χ4v) is 3.85. The van der Waals surface area contributed by atoms with Crippen molar-refractivity contribution in [3.63, 3.8) is 0 Å². The molecule has 0 atom stereocenters. The number of hydrogen-bond acceptors (Lipinski definition) is 10. The van der Waals surface area contributed by atoms with Crippen molar-refractivity contribution in [3.8, 4) is 0 Å². The van der Waals surface area contributed by atoms with Gasteiger partial charge in [0.15, 0.2) is 12.1 Å². The average Bonchev–Trinajstić information content (AvgIpc) is 2.90. The first-order chi connectivity index (χ1) is 17.9. The molecule has 4 rings (SSSR count). The zero-order valence-electron chi connectivity index (χ0n) is 21.2. The van der Waals surface area contributed by atoms with Crippen LogP contribution >= 0.6 is 0 Å². The van der Waals surface area contributed by atoms with Gasteiger partial charge in [-0.1, -0.05) is 24.3 Å². The van der Waals surface area contributed by atoms with Crippen molar-refractivity contribution in [2.75, 3.05) is 43.2 Å². The molecule has 0 aliphatic carbocycles. The Morgan fingerprint density at radius 2 is 1.92 bits per heavy atom. The van der Waals surface area contributed by atoms with Gasteiger partial charge in [-0.25, -0.2) is 20.4 Å². The van der Waals surface area contributed by atoms with E-state index in [1.165, 1.54) is 11.8 Å². The van der Waals surface area contributed by atoms with Gasteiger partial charge in [0.05, 0.1) is 24.5 Å². The second-order valence-electron chi connectivity index (χ2n) is 9.23. The molecule has 0 saturated carbocycles. The summed E-state index contributed by atoms with van der Waals surface area (Å²) < 4.78 is 5.42. The summed E-state index contributed by atoms with van der Waals surface area (Å²) in [6.45, 7) is 11.8. The van der Waals surface area contributed by atoms with E-state index < -0.39 is 5.60 Å². The van der Waals surface area contributed by atoms with Crippen LogP contribution in [0.15, 0.2) is 61.3 Å². The van der Waals surface area contributed by atoms with E-state index in [2.05, 4.69) is 49.3 Å². The van der Waals surface area contributed by atoms with E-state index in [0.717, 1.165) is 38.5 Å². The number of aromatic nitrogens is 3. The van der Waals surface area contributed by atoms with Crippen molar-refractivity contribution in [1.82, 2.24) is 25.3 Å². The minimum atomic E-state index is -1.14. The van der Waals surface area contributed by atoms with Gasteiger partial charge in [0.25, 0.3) is 0 Å². The van der Waals surface area contributed by atoms with Crippen LogP contribution < -0.4 is 15.8 Å². The highest BCUT2D eigenvalue weighted by atomic mass is 16.5. The highest BCUT2D eigenvalue weighted by molar-refractivity contribution is 5.84. The summed E-state index contributed by atoms with van der Waals surface area (Å²) >= 11 is 0. The molecule has 3 N–H and O–H groups in total. The maximum atomic E-state index is 11.9. The molecule has 0 spiro atoms. The van der Waals surface area contributed by atoms with Crippen LogP contribution in [0, 0.1) is 0 Å². The van der Waals surface area contributed by atoms with E-state index >= 15 is 0 Å². The number of hydrogen-bond donors (Lipinski definition) is 3. The second kappa shape index (κ2) is 12.0. The molecule has 1 aliphatic heterocycles. The van der Waals surface area contributed by atoms with E-state index in [-0.39, 0.29) is 5.56 Å². The summed E-state index contributed by atoms with van der Waals surface area (Å²) in [7, 11) is 0. The van der Waals surface area contributed by atoms with Crippen molar-refractivity contribution in [1.29, 1.82) is 0 Å². The summed E-state index contributed by atoms with van der Waals surface area (Å²) in [5.41, 5.74) is 4.82.